The average Bonchev–Trinajstić information content (AvgIpc) is 2.55. The van der Waals surface area contributed by atoms with Gasteiger partial charge in [0, 0.05) is 16.2 Å². The van der Waals surface area contributed by atoms with E-state index in [0.29, 0.717) is 0 Å². The number of rotatable bonds is 1. The minimum atomic E-state index is 0.238. The van der Waals surface area contributed by atoms with Crippen molar-refractivity contribution in [2.75, 3.05) is 0 Å². The summed E-state index contributed by atoms with van der Waals surface area (Å²) >= 11 is 0. The third-order valence-electron chi connectivity index (χ3n) is 5.14. The minimum Gasteiger partial charge on any atom is -0.252 e. The number of benzene rings is 2. The summed E-state index contributed by atoms with van der Waals surface area (Å²) in [6.45, 7) is 2.41. The zero-order chi connectivity index (χ0) is 14.3. The first-order valence-electron chi connectivity index (χ1n) is 8.06. The molecule has 0 radical (unpaired) electrons. The minimum absolute atomic E-state index is 0.238. The van der Waals surface area contributed by atoms with Crippen molar-refractivity contribution in [3.63, 3.8) is 0 Å². The second-order valence-corrected chi connectivity index (χ2v) is 6.64. The van der Waals surface area contributed by atoms with Gasteiger partial charge in [0.15, 0.2) is 0 Å². The predicted octanol–water partition coefficient (Wildman–Crippen LogP) is 5.61. The third kappa shape index (κ3) is 2.03. The summed E-state index contributed by atoms with van der Waals surface area (Å²) in [7, 11) is 0. The van der Waals surface area contributed by atoms with Gasteiger partial charge in [-0.25, -0.2) is 0 Å². The summed E-state index contributed by atoms with van der Waals surface area (Å²) < 4.78 is 0. The molecule has 106 valence electrons. The fourth-order valence-corrected chi connectivity index (χ4v) is 3.93. The van der Waals surface area contributed by atoms with E-state index in [9.17, 15) is 0 Å². The number of hydrogen-bond acceptors (Lipinski definition) is 1. The maximum atomic E-state index is 5.10. The molecule has 1 heteroatoms. The standard InChI is InChI=1S/C20H21N/c1-20(13-7-2-8-14-20)19-17-11-4-3-9-15(17)16-10-5-6-12-18(16)21-19/h3-6,9-12H,2,7-8,13-14H2,1H3. The molecule has 1 heterocycles. The van der Waals surface area contributed by atoms with Crippen LogP contribution in [-0.2, 0) is 5.41 Å². The van der Waals surface area contributed by atoms with Gasteiger partial charge in [0.2, 0.25) is 0 Å². The van der Waals surface area contributed by atoms with E-state index in [0.717, 1.165) is 5.52 Å². The molecule has 2 aromatic carbocycles. The maximum absolute atomic E-state index is 5.10. The molecule has 0 bridgehead atoms. The van der Waals surface area contributed by atoms with Gasteiger partial charge in [-0.15, -0.1) is 0 Å². The Balaban J connectivity index is 2.06. The smallest absolute Gasteiger partial charge is 0.0712 e. The van der Waals surface area contributed by atoms with Gasteiger partial charge in [-0.2, -0.15) is 0 Å². The lowest BCUT2D eigenvalue weighted by molar-refractivity contribution is 0.315. The van der Waals surface area contributed by atoms with Crippen molar-refractivity contribution in [2.24, 2.45) is 0 Å². The molecule has 1 aliphatic rings. The molecule has 0 spiro atoms. The van der Waals surface area contributed by atoms with E-state index in [1.807, 2.05) is 0 Å². The topological polar surface area (TPSA) is 12.9 Å². The van der Waals surface area contributed by atoms with Crippen molar-refractivity contribution in [3.8, 4) is 0 Å². The van der Waals surface area contributed by atoms with Crippen LogP contribution < -0.4 is 0 Å². The Bertz CT molecular complexity index is 797. The third-order valence-corrected chi connectivity index (χ3v) is 5.14. The van der Waals surface area contributed by atoms with Crippen LogP contribution in [0, 0.1) is 0 Å². The molecule has 1 aliphatic carbocycles. The highest BCUT2D eigenvalue weighted by molar-refractivity contribution is 6.06. The quantitative estimate of drug-likeness (QED) is 0.526. The number of nitrogens with zero attached hydrogens (tertiary/aromatic N) is 1. The second-order valence-electron chi connectivity index (χ2n) is 6.64. The molecule has 1 fully saturated rings. The zero-order valence-electron chi connectivity index (χ0n) is 12.6. The lowest BCUT2D eigenvalue weighted by atomic mass is 9.72. The molecular weight excluding hydrogens is 254 g/mol. The number of pyridine rings is 1. The van der Waals surface area contributed by atoms with Crippen molar-refractivity contribution in [1.82, 2.24) is 4.98 Å². The van der Waals surface area contributed by atoms with Crippen molar-refractivity contribution in [1.29, 1.82) is 0 Å². The molecular formula is C20H21N. The molecule has 4 rings (SSSR count). The van der Waals surface area contributed by atoms with E-state index >= 15 is 0 Å². The van der Waals surface area contributed by atoms with Crippen LogP contribution >= 0.6 is 0 Å². The average molecular weight is 275 g/mol. The van der Waals surface area contributed by atoms with Crippen LogP contribution in [0.3, 0.4) is 0 Å². The van der Waals surface area contributed by atoms with E-state index in [4.69, 9.17) is 4.98 Å². The highest BCUT2D eigenvalue weighted by atomic mass is 14.7. The van der Waals surface area contributed by atoms with Crippen molar-refractivity contribution >= 4 is 21.7 Å². The Morgan fingerprint density at radius 3 is 2.14 bits per heavy atom. The highest BCUT2D eigenvalue weighted by Crippen LogP contribution is 2.42. The van der Waals surface area contributed by atoms with Gasteiger partial charge >= 0.3 is 0 Å². The van der Waals surface area contributed by atoms with Crippen LogP contribution in [0.4, 0.5) is 0 Å². The molecule has 0 N–H and O–H groups in total. The van der Waals surface area contributed by atoms with Gasteiger partial charge in [0.05, 0.1) is 11.2 Å². The van der Waals surface area contributed by atoms with Gasteiger partial charge in [-0.3, -0.25) is 4.98 Å². The van der Waals surface area contributed by atoms with Crippen LogP contribution in [-0.4, -0.2) is 4.98 Å². The number of para-hydroxylation sites is 1. The molecule has 21 heavy (non-hydrogen) atoms. The van der Waals surface area contributed by atoms with E-state index in [1.165, 1.54) is 54.0 Å². The first-order valence-corrected chi connectivity index (χ1v) is 8.06. The van der Waals surface area contributed by atoms with Crippen molar-refractivity contribution < 1.29 is 0 Å². The van der Waals surface area contributed by atoms with Gasteiger partial charge < -0.3 is 0 Å². The Hall–Kier alpha value is -1.89. The molecule has 0 saturated heterocycles. The van der Waals surface area contributed by atoms with Crippen LogP contribution in [0.15, 0.2) is 48.5 Å². The van der Waals surface area contributed by atoms with Crippen LogP contribution in [0.1, 0.15) is 44.7 Å². The van der Waals surface area contributed by atoms with Crippen LogP contribution in [0.25, 0.3) is 21.7 Å². The number of fused-ring (bicyclic) bond motifs is 3. The van der Waals surface area contributed by atoms with Crippen LogP contribution in [0.2, 0.25) is 0 Å². The summed E-state index contributed by atoms with van der Waals surface area (Å²) in [6, 6.07) is 17.3. The Morgan fingerprint density at radius 2 is 1.38 bits per heavy atom. The molecule has 0 atom stereocenters. The normalized spacial score (nSPS) is 18.1. The van der Waals surface area contributed by atoms with Gasteiger partial charge in [-0.1, -0.05) is 68.7 Å². The van der Waals surface area contributed by atoms with E-state index in [1.54, 1.807) is 0 Å². The molecule has 0 amide bonds. The molecule has 0 unspecified atom stereocenters. The summed E-state index contributed by atoms with van der Waals surface area (Å²) in [4.78, 5) is 5.10. The monoisotopic (exact) mass is 275 g/mol. The van der Waals surface area contributed by atoms with E-state index in [-0.39, 0.29) is 5.41 Å². The molecule has 3 aromatic rings. The Morgan fingerprint density at radius 1 is 0.762 bits per heavy atom. The fraction of sp³-hybridized carbons (Fsp3) is 0.350. The van der Waals surface area contributed by atoms with E-state index in [2.05, 4.69) is 55.5 Å². The summed E-state index contributed by atoms with van der Waals surface area (Å²) in [5.74, 6) is 0. The summed E-state index contributed by atoms with van der Waals surface area (Å²) in [5, 5.41) is 3.97. The van der Waals surface area contributed by atoms with Crippen molar-refractivity contribution in [3.05, 3.63) is 54.2 Å². The number of hydrogen-bond donors (Lipinski definition) is 0. The SMILES string of the molecule is CC1(c2nc3ccccc3c3ccccc23)CCCCC1. The van der Waals surface area contributed by atoms with Gasteiger partial charge in [-0.05, 0) is 24.3 Å². The van der Waals surface area contributed by atoms with Crippen molar-refractivity contribution in [2.45, 2.75) is 44.4 Å². The first-order chi connectivity index (χ1) is 10.3. The Kier molecular flexibility index (Phi) is 2.95. The summed E-state index contributed by atoms with van der Waals surface area (Å²) in [5.41, 5.74) is 2.69. The number of aromatic nitrogens is 1. The fourth-order valence-electron chi connectivity index (χ4n) is 3.93. The Labute approximate surface area is 126 Å². The summed E-state index contributed by atoms with van der Waals surface area (Å²) in [6.07, 6.45) is 6.57. The molecule has 1 nitrogen and oxygen atoms in total. The van der Waals surface area contributed by atoms with Crippen LogP contribution in [0.5, 0.6) is 0 Å². The molecule has 1 aromatic heterocycles. The van der Waals surface area contributed by atoms with E-state index < -0.39 is 0 Å². The maximum Gasteiger partial charge on any atom is 0.0712 e. The first kappa shape index (κ1) is 12.8. The lowest BCUT2D eigenvalue weighted by Gasteiger charge is -2.34. The highest BCUT2D eigenvalue weighted by Gasteiger charge is 2.32. The second kappa shape index (κ2) is 4.84. The lowest BCUT2D eigenvalue weighted by Crippen LogP contribution is -2.26. The molecule has 0 aliphatic heterocycles. The molecule has 1 saturated carbocycles. The van der Waals surface area contributed by atoms with Gasteiger partial charge in [0.1, 0.15) is 0 Å². The van der Waals surface area contributed by atoms with Gasteiger partial charge in [0.25, 0.3) is 0 Å². The predicted molar refractivity (Wildman–Crippen MR) is 89.7 cm³/mol. The zero-order valence-corrected chi connectivity index (χ0v) is 12.6. The largest absolute Gasteiger partial charge is 0.252 e.